The first-order chi connectivity index (χ1) is 5.59. The van der Waals surface area contributed by atoms with Crippen LogP contribution in [0.3, 0.4) is 0 Å². The molecule has 0 radical (unpaired) electrons. The van der Waals surface area contributed by atoms with Crippen LogP contribution >= 0.6 is 15.9 Å². The number of carboxylic acids is 1. The fourth-order valence-corrected chi connectivity index (χ4v) is 1.49. The second-order valence-electron chi connectivity index (χ2n) is 2.62. The van der Waals surface area contributed by atoms with Crippen molar-refractivity contribution in [2.75, 3.05) is 0 Å². The molecule has 0 aliphatic carbocycles. The number of aryl methyl sites for hydroxylation is 1. The zero-order valence-electron chi connectivity index (χ0n) is 7.63. The van der Waals surface area contributed by atoms with Gasteiger partial charge in [0, 0.05) is 16.9 Å². The molecule has 13 heavy (non-hydrogen) atoms. The standard InChI is InChI=1S/C9H9BrO2.K/c1-6-4-8(10)3-2-7(6)5-9(11)12;/h2-4H,5H2,1H3,(H,11,12);/q;+1/p-1. The van der Waals surface area contributed by atoms with E-state index in [0.29, 0.717) is 0 Å². The van der Waals surface area contributed by atoms with E-state index in [1.54, 1.807) is 6.07 Å². The van der Waals surface area contributed by atoms with Crippen LogP contribution in [0.5, 0.6) is 0 Å². The van der Waals surface area contributed by atoms with Crippen LogP contribution in [0.15, 0.2) is 22.7 Å². The summed E-state index contributed by atoms with van der Waals surface area (Å²) in [5.74, 6) is -1.04. The molecule has 1 aromatic rings. The number of carboxylic acid groups (broad SMARTS) is 1. The molecule has 0 N–H and O–H groups in total. The SMILES string of the molecule is Cc1cc(Br)ccc1CC(=O)[O-].[K+]. The van der Waals surface area contributed by atoms with Crippen LogP contribution < -0.4 is 56.5 Å². The minimum Gasteiger partial charge on any atom is -0.550 e. The molecule has 0 saturated carbocycles. The molecule has 0 bridgehead atoms. The molecule has 4 heteroatoms. The van der Waals surface area contributed by atoms with Crippen LogP contribution in [-0.4, -0.2) is 5.97 Å². The second kappa shape index (κ2) is 6.32. The van der Waals surface area contributed by atoms with Crippen LogP contribution in [0.4, 0.5) is 0 Å². The molecule has 0 atom stereocenters. The zero-order chi connectivity index (χ0) is 9.14. The van der Waals surface area contributed by atoms with Crippen LogP contribution in [0.1, 0.15) is 11.1 Å². The van der Waals surface area contributed by atoms with Crippen molar-refractivity contribution < 1.29 is 61.3 Å². The fourth-order valence-electron chi connectivity index (χ4n) is 1.01. The summed E-state index contributed by atoms with van der Waals surface area (Å²) in [6, 6.07) is 5.50. The van der Waals surface area contributed by atoms with Gasteiger partial charge >= 0.3 is 51.4 Å². The van der Waals surface area contributed by atoms with Crippen molar-refractivity contribution in [2.24, 2.45) is 0 Å². The Kier molecular flexibility index (Phi) is 6.71. The van der Waals surface area contributed by atoms with Crippen LogP contribution in [0.25, 0.3) is 0 Å². The summed E-state index contributed by atoms with van der Waals surface area (Å²) >= 11 is 3.30. The van der Waals surface area contributed by atoms with Gasteiger partial charge in [-0.2, -0.15) is 0 Å². The van der Waals surface area contributed by atoms with E-state index < -0.39 is 5.97 Å². The number of benzene rings is 1. The quantitative estimate of drug-likeness (QED) is 0.585. The monoisotopic (exact) mass is 266 g/mol. The third-order valence-corrected chi connectivity index (χ3v) is 2.13. The third-order valence-electron chi connectivity index (χ3n) is 1.64. The van der Waals surface area contributed by atoms with Crippen molar-refractivity contribution in [3.8, 4) is 0 Å². The molecule has 0 aliphatic heterocycles. The maximum atomic E-state index is 10.3. The Hall–Kier alpha value is 0.806. The van der Waals surface area contributed by atoms with Gasteiger partial charge in [-0.15, -0.1) is 0 Å². The predicted molar refractivity (Wildman–Crippen MR) is 47.6 cm³/mol. The molecular formula is C9H8BrKO2. The van der Waals surface area contributed by atoms with E-state index >= 15 is 0 Å². The van der Waals surface area contributed by atoms with Gasteiger partial charge < -0.3 is 9.90 Å². The Morgan fingerprint density at radius 2 is 2.15 bits per heavy atom. The second-order valence-corrected chi connectivity index (χ2v) is 3.54. The first kappa shape index (κ1) is 13.8. The van der Waals surface area contributed by atoms with Crippen molar-refractivity contribution in [3.05, 3.63) is 33.8 Å². The van der Waals surface area contributed by atoms with Crippen LogP contribution in [0, 0.1) is 6.92 Å². The van der Waals surface area contributed by atoms with Crippen molar-refractivity contribution in [1.29, 1.82) is 0 Å². The third kappa shape index (κ3) is 4.72. The van der Waals surface area contributed by atoms with Gasteiger partial charge in [-0.25, -0.2) is 0 Å². The van der Waals surface area contributed by atoms with E-state index in [0.717, 1.165) is 15.6 Å². The first-order valence-corrected chi connectivity index (χ1v) is 4.34. The van der Waals surface area contributed by atoms with E-state index in [9.17, 15) is 9.90 Å². The number of hydrogen-bond acceptors (Lipinski definition) is 2. The van der Waals surface area contributed by atoms with E-state index in [-0.39, 0.29) is 57.8 Å². The summed E-state index contributed by atoms with van der Waals surface area (Å²) in [5, 5.41) is 10.3. The first-order valence-electron chi connectivity index (χ1n) is 3.54. The maximum Gasteiger partial charge on any atom is 1.00 e. The number of rotatable bonds is 2. The molecule has 0 aromatic heterocycles. The minimum absolute atomic E-state index is 0. The maximum absolute atomic E-state index is 10.3. The summed E-state index contributed by atoms with van der Waals surface area (Å²) < 4.78 is 0.960. The molecule has 64 valence electrons. The van der Waals surface area contributed by atoms with Gasteiger partial charge in [-0.1, -0.05) is 22.0 Å². The molecule has 0 heterocycles. The normalized spacial score (nSPS) is 9.08. The van der Waals surface area contributed by atoms with Crippen molar-refractivity contribution >= 4 is 21.9 Å². The smallest absolute Gasteiger partial charge is 0.550 e. The Bertz CT molecular complexity index is 312. The van der Waals surface area contributed by atoms with E-state index in [4.69, 9.17) is 0 Å². The van der Waals surface area contributed by atoms with Gasteiger partial charge in [0.15, 0.2) is 0 Å². The zero-order valence-corrected chi connectivity index (χ0v) is 12.3. The fraction of sp³-hybridized carbons (Fsp3) is 0.222. The molecule has 0 spiro atoms. The Balaban J connectivity index is 0.00000144. The van der Waals surface area contributed by atoms with Gasteiger partial charge in [-0.05, 0) is 30.2 Å². The molecular weight excluding hydrogens is 259 g/mol. The average Bonchev–Trinajstić information content (AvgIpc) is 1.94. The predicted octanol–water partition coefficient (Wildman–Crippen LogP) is -1.95. The molecule has 0 aliphatic rings. The Morgan fingerprint density at radius 1 is 1.54 bits per heavy atom. The molecule has 0 fully saturated rings. The molecule has 1 aromatic carbocycles. The summed E-state index contributed by atoms with van der Waals surface area (Å²) in [6.45, 7) is 1.88. The molecule has 1 rings (SSSR count). The Labute approximate surface area is 128 Å². The van der Waals surface area contributed by atoms with Crippen molar-refractivity contribution in [2.45, 2.75) is 13.3 Å². The van der Waals surface area contributed by atoms with Crippen molar-refractivity contribution in [1.82, 2.24) is 0 Å². The largest absolute Gasteiger partial charge is 1.00 e. The van der Waals surface area contributed by atoms with Gasteiger partial charge in [0.2, 0.25) is 0 Å². The number of aliphatic carboxylic acids is 1. The summed E-state index contributed by atoms with van der Waals surface area (Å²) in [7, 11) is 0. The number of halogens is 1. The molecule has 0 unspecified atom stereocenters. The van der Waals surface area contributed by atoms with E-state index in [1.807, 2.05) is 19.1 Å². The van der Waals surface area contributed by atoms with Crippen LogP contribution in [0.2, 0.25) is 0 Å². The molecule has 0 saturated heterocycles. The minimum atomic E-state index is -1.04. The summed E-state index contributed by atoms with van der Waals surface area (Å²) in [4.78, 5) is 10.3. The van der Waals surface area contributed by atoms with Gasteiger partial charge in [0.1, 0.15) is 0 Å². The topological polar surface area (TPSA) is 40.1 Å². The number of hydrogen-bond donors (Lipinski definition) is 0. The van der Waals surface area contributed by atoms with Crippen molar-refractivity contribution in [3.63, 3.8) is 0 Å². The van der Waals surface area contributed by atoms with E-state index in [2.05, 4.69) is 15.9 Å². The molecule has 0 amide bonds. The summed E-state index contributed by atoms with van der Waals surface area (Å²) in [6.07, 6.45) is -0.0148. The van der Waals surface area contributed by atoms with Gasteiger partial charge in [-0.3, -0.25) is 0 Å². The van der Waals surface area contributed by atoms with E-state index in [1.165, 1.54) is 0 Å². The Morgan fingerprint density at radius 3 is 2.62 bits per heavy atom. The van der Waals surface area contributed by atoms with Crippen LogP contribution in [-0.2, 0) is 11.2 Å². The number of carbonyl (C=O) groups excluding carboxylic acids is 1. The number of carbonyl (C=O) groups is 1. The van der Waals surface area contributed by atoms with Gasteiger partial charge in [0.05, 0.1) is 0 Å². The average molecular weight is 267 g/mol. The van der Waals surface area contributed by atoms with Gasteiger partial charge in [0.25, 0.3) is 0 Å². The summed E-state index contributed by atoms with van der Waals surface area (Å²) in [5.41, 5.74) is 1.77. The molecule has 2 nitrogen and oxygen atoms in total.